The first-order valence-corrected chi connectivity index (χ1v) is 6.13. The molecule has 5 heteroatoms. The lowest BCUT2D eigenvalue weighted by atomic mass is 10.1. The molecule has 94 valence electrons. The SMILES string of the molecule is COc1ccc(Br)c(C(=O)NC(C)CCO)c1. The van der Waals surface area contributed by atoms with Crippen LogP contribution in [0.15, 0.2) is 22.7 Å². The van der Waals surface area contributed by atoms with Crippen molar-refractivity contribution in [3.05, 3.63) is 28.2 Å². The van der Waals surface area contributed by atoms with Crippen LogP contribution in [0.1, 0.15) is 23.7 Å². The fourth-order valence-corrected chi connectivity index (χ4v) is 1.80. The normalized spacial score (nSPS) is 12.0. The molecule has 0 heterocycles. The molecule has 1 amide bonds. The molecule has 2 N–H and O–H groups in total. The average molecular weight is 302 g/mol. The van der Waals surface area contributed by atoms with Crippen molar-refractivity contribution in [2.75, 3.05) is 13.7 Å². The summed E-state index contributed by atoms with van der Waals surface area (Å²) in [6.07, 6.45) is 0.535. The second kappa shape index (κ2) is 6.61. The van der Waals surface area contributed by atoms with E-state index in [1.54, 1.807) is 25.3 Å². The van der Waals surface area contributed by atoms with E-state index in [1.165, 1.54) is 0 Å². The van der Waals surface area contributed by atoms with E-state index in [0.717, 1.165) is 0 Å². The van der Waals surface area contributed by atoms with E-state index in [0.29, 0.717) is 22.2 Å². The largest absolute Gasteiger partial charge is 0.497 e. The molecular weight excluding hydrogens is 286 g/mol. The van der Waals surface area contributed by atoms with Crippen LogP contribution in [0, 0.1) is 0 Å². The molecule has 1 atom stereocenters. The lowest BCUT2D eigenvalue weighted by molar-refractivity contribution is 0.0933. The Morgan fingerprint density at radius 2 is 2.29 bits per heavy atom. The minimum Gasteiger partial charge on any atom is -0.497 e. The van der Waals surface area contributed by atoms with Gasteiger partial charge in [-0.3, -0.25) is 4.79 Å². The van der Waals surface area contributed by atoms with Crippen molar-refractivity contribution in [2.45, 2.75) is 19.4 Å². The Balaban J connectivity index is 2.80. The van der Waals surface area contributed by atoms with Crippen molar-refractivity contribution < 1.29 is 14.6 Å². The van der Waals surface area contributed by atoms with Gasteiger partial charge in [0.05, 0.1) is 12.7 Å². The predicted octanol–water partition coefficient (Wildman–Crippen LogP) is 1.96. The van der Waals surface area contributed by atoms with E-state index in [1.807, 2.05) is 6.92 Å². The maximum Gasteiger partial charge on any atom is 0.252 e. The topological polar surface area (TPSA) is 58.6 Å². The third kappa shape index (κ3) is 4.02. The fraction of sp³-hybridized carbons (Fsp3) is 0.417. The van der Waals surface area contributed by atoms with E-state index >= 15 is 0 Å². The fourth-order valence-electron chi connectivity index (χ4n) is 1.37. The first-order valence-electron chi connectivity index (χ1n) is 5.33. The van der Waals surface area contributed by atoms with Gasteiger partial charge in [-0.1, -0.05) is 0 Å². The zero-order chi connectivity index (χ0) is 12.8. The maximum atomic E-state index is 11.9. The van der Waals surface area contributed by atoms with Crippen molar-refractivity contribution in [1.29, 1.82) is 0 Å². The lowest BCUT2D eigenvalue weighted by Crippen LogP contribution is -2.33. The van der Waals surface area contributed by atoms with Gasteiger partial charge in [0.15, 0.2) is 0 Å². The molecule has 0 bridgehead atoms. The van der Waals surface area contributed by atoms with Gasteiger partial charge < -0.3 is 15.2 Å². The Morgan fingerprint density at radius 3 is 2.88 bits per heavy atom. The Hall–Kier alpha value is -1.07. The summed E-state index contributed by atoms with van der Waals surface area (Å²) in [5.41, 5.74) is 0.522. The molecule has 0 fully saturated rings. The van der Waals surface area contributed by atoms with Crippen LogP contribution in [-0.2, 0) is 0 Å². The van der Waals surface area contributed by atoms with Crippen LogP contribution in [0.3, 0.4) is 0 Å². The van der Waals surface area contributed by atoms with Gasteiger partial charge in [-0.15, -0.1) is 0 Å². The Labute approximate surface area is 109 Å². The van der Waals surface area contributed by atoms with Crippen LogP contribution in [0.4, 0.5) is 0 Å². The smallest absolute Gasteiger partial charge is 0.252 e. The van der Waals surface area contributed by atoms with Gasteiger partial charge in [-0.2, -0.15) is 0 Å². The van der Waals surface area contributed by atoms with Crippen LogP contribution < -0.4 is 10.1 Å². The molecule has 1 aromatic carbocycles. The van der Waals surface area contributed by atoms with Crippen molar-refractivity contribution in [2.24, 2.45) is 0 Å². The summed E-state index contributed by atoms with van der Waals surface area (Å²) < 4.78 is 5.79. The number of nitrogens with one attached hydrogen (secondary N) is 1. The monoisotopic (exact) mass is 301 g/mol. The summed E-state index contributed by atoms with van der Waals surface area (Å²) in [6, 6.07) is 5.15. The number of rotatable bonds is 5. The highest BCUT2D eigenvalue weighted by atomic mass is 79.9. The Morgan fingerprint density at radius 1 is 1.59 bits per heavy atom. The number of amides is 1. The van der Waals surface area contributed by atoms with Gasteiger partial charge in [-0.05, 0) is 47.5 Å². The van der Waals surface area contributed by atoms with Crippen LogP contribution >= 0.6 is 15.9 Å². The number of hydrogen-bond donors (Lipinski definition) is 2. The van der Waals surface area contributed by atoms with E-state index in [2.05, 4.69) is 21.2 Å². The van der Waals surface area contributed by atoms with Crippen molar-refractivity contribution in [3.63, 3.8) is 0 Å². The molecule has 1 rings (SSSR count). The van der Waals surface area contributed by atoms with Crippen LogP contribution in [0.5, 0.6) is 5.75 Å². The number of ether oxygens (including phenoxy) is 1. The first kappa shape index (κ1) is 14.0. The number of benzene rings is 1. The quantitative estimate of drug-likeness (QED) is 0.874. The van der Waals surface area contributed by atoms with Gasteiger partial charge in [0.25, 0.3) is 5.91 Å². The van der Waals surface area contributed by atoms with Gasteiger partial charge >= 0.3 is 0 Å². The van der Waals surface area contributed by atoms with Crippen LogP contribution in [0.25, 0.3) is 0 Å². The average Bonchev–Trinajstić information content (AvgIpc) is 2.29. The standard InChI is InChI=1S/C12H16BrNO3/c1-8(5-6-15)14-12(16)10-7-9(17-2)3-4-11(10)13/h3-4,7-8,15H,5-6H2,1-2H3,(H,14,16). The molecule has 0 saturated carbocycles. The highest BCUT2D eigenvalue weighted by Gasteiger charge is 2.13. The van der Waals surface area contributed by atoms with E-state index in [4.69, 9.17) is 9.84 Å². The molecule has 0 aliphatic rings. The number of halogens is 1. The molecule has 0 aliphatic carbocycles. The zero-order valence-electron chi connectivity index (χ0n) is 9.87. The lowest BCUT2D eigenvalue weighted by Gasteiger charge is -2.13. The highest BCUT2D eigenvalue weighted by molar-refractivity contribution is 9.10. The number of carbonyl (C=O) groups excluding carboxylic acids is 1. The molecule has 0 spiro atoms. The van der Waals surface area contributed by atoms with Crippen molar-refractivity contribution in [3.8, 4) is 5.75 Å². The molecule has 17 heavy (non-hydrogen) atoms. The minimum atomic E-state index is -0.184. The van der Waals surface area contributed by atoms with Crippen molar-refractivity contribution in [1.82, 2.24) is 5.32 Å². The van der Waals surface area contributed by atoms with Crippen LogP contribution in [0.2, 0.25) is 0 Å². The molecule has 0 aliphatic heterocycles. The number of methoxy groups -OCH3 is 1. The zero-order valence-corrected chi connectivity index (χ0v) is 11.5. The molecule has 0 radical (unpaired) electrons. The van der Waals surface area contributed by atoms with Crippen molar-refractivity contribution >= 4 is 21.8 Å². The van der Waals surface area contributed by atoms with E-state index in [-0.39, 0.29) is 18.6 Å². The molecule has 4 nitrogen and oxygen atoms in total. The third-order valence-corrected chi connectivity index (χ3v) is 3.05. The summed E-state index contributed by atoms with van der Waals surface area (Å²) in [4.78, 5) is 11.9. The summed E-state index contributed by atoms with van der Waals surface area (Å²) in [6.45, 7) is 1.91. The highest BCUT2D eigenvalue weighted by Crippen LogP contribution is 2.22. The third-order valence-electron chi connectivity index (χ3n) is 2.36. The molecule has 1 aromatic rings. The molecule has 0 aromatic heterocycles. The second-order valence-electron chi connectivity index (χ2n) is 3.73. The van der Waals surface area contributed by atoms with Gasteiger partial charge in [0, 0.05) is 17.1 Å². The van der Waals surface area contributed by atoms with E-state index in [9.17, 15) is 4.79 Å². The number of aliphatic hydroxyl groups is 1. The number of carbonyl (C=O) groups is 1. The Kier molecular flexibility index (Phi) is 5.44. The second-order valence-corrected chi connectivity index (χ2v) is 4.59. The summed E-state index contributed by atoms with van der Waals surface area (Å²) in [5.74, 6) is 0.449. The van der Waals surface area contributed by atoms with Gasteiger partial charge in [0.2, 0.25) is 0 Å². The van der Waals surface area contributed by atoms with Crippen LogP contribution in [-0.4, -0.2) is 30.8 Å². The number of hydrogen-bond acceptors (Lipinski definition) is 3. The summed E-state index contributed by atoms with van der Waals surface area (Å²) >= 11 is 3.32. The van der Waals surface area contributed by atoms with E-state index < -0.39 is 0 Å². The predicted molar refractivity (Wildman–Crippen MR) is 69.3 cm³/mol. The molecule has 1 unspecified atom stereocenters. The Bertz CT molecular complexity index is 395. The molecule has 0 saturated heterocycles. The minimum absolute atomic E-state index is 0.0563. The summed E-state index contributed by atoms with van der Waals surface area (Å²) in [7, 11) is 1.55. The first-order chi connectivity index (χ1) is 8.08. The molecular formula is C12H16BrNO3. The maximum absolute atomic E-state index is 11.9. The van der Waals surface area contributed by atoms with Gasteiger partial charge in [0.1, 0.15) is 5.75 Å². The summed E-state index contributed by atoms with van der Waals surface area (Å²) in [5, 5.41) is 11.6. The van der Waals surface area contributed by atoms with Gasteiger partial charge in [-0.25, -0.2) is 0 Å². The number of aliphatic hydroxyl groups excluding tert-OH is 1.